The maximum Gasteiger partial charge on any atom is 0.356 e. The molecule has 0 fully saturated rings. The van der Waals surface area contributed by atoms with Crippen molar-refractivity contribution in [1.29, 1.82) is 0 Å². The number of methoxy groups -OCH3 is 1. The fourth-order valence-corrected chi connectivity index (χ4v) is 2.75. The number of nitrogens with one attached hydrogen (secondary N) is 1. The Balaban J connectivity index is 0.00000145. The quantitative estimate of drug-likeness (QED) is 0.646. The van der Waals surface area contributed by atoms with E-state index in [0.29, 0.717) is 18.7 Å². The summed E-state index contributed by atoms with van der Waals surface area (Å²) in [6.07, 6.45) is 0.355. The molecule has 0 bridgehead atoms. The fourth-order valence-electron chi connectivity index (χ4n) is 2.75. The minimum absolute atomic E-state index is 0.0269. The number of carbonyl (C=O) groups excluding carboxylic acids is 2. The number of hydrogen-bond acceptors (Lipinski definition) is 4. The molecule has 6 nitrogen and oxygen atoms in total. The van der Waals surface area contributed by atoms with Crippen molar-refractivity contribution in [3.05, 3.63) is 83.2 Å². The standard InChI is InChI=1S/C21H21N3O3.C2H6/c1-15-12-19(21(26)27-2)24(23-15)18-10-8-17(9-11-18)14-22-20(25)13-16-6-4-3-5-7-16;1-2/h3-12H,13-14H2,1-2H3,(H,22,25);1-2H3. The van der Waals surface area contributed by atoms with E-state index in [4.69, 9.17) is 4.74 Å². The highest BCUT2D eigenvalue weighted by Gasteiger charge is 2.15. The molecule has 6 heteroatoms. The average molecular weight is 393 g/mol. The molecule has 0 spiro atoms. The van der Waals surface area contributed by atoms with E-state index < -0.39 is 5.97 Å². The number of carbonyl (C=O) groups is 2. The summed E-state index contributed by atoms with van der Waals surface area (Å²) in [5, 5.41) is 7.26. The third-order valence-electron chi connectivity index (χ3n) is 4.10. The monoisotopic (exact) mass is 393 g/mol. The van der Waals surface area contributed by atoms with Crippen LogP contribution in [0.15, 0.2) is 60.7 Å². The highest BCUT2D eigenvalue weighted by atomic mass is 16.5. The van der Waals surface area contributed by atoms with E-state index in [1.807, 2.05) is 75.4 Å². The molecule has 1 N–H and O–H groups in total. The van der Waals surface area contributed by atoms with Gasteiger partial charge in [0.05, 0.1) is 24.9 Å². The lowest BCUT2D eigenvalue weighted by Gasteiger charge is -2.08. The number of rotatable bonds is 6. The van der Waals surface area contributed by atoms with Crippen LogP contribution in [0.5, 0.6) is 0 Å². The molecule has 0 radical (unpaired) electrons. The molecule has 1 heterocycles. The van der Waals surface area contributed by atoms with Gasteiger partial charge in [0.2, 0.25) is 5.91 Å². The van der Waals surface area contributed by atoms with Crippen molar-refractivity contribution in [2.45, 2.75) is 33.7 Å². The maximum atomic E-state index is 12.1. The van der Waals surface area contributed by atoms with E-state index >= 15 is 0 Å². The second kappa shape index (κ2) is 10.8. The molecule has 0 unspecified atom stereocenters. The number of aryl methyl sites for hydroxylation is 1. The van der Waals surface area contributed by atoms with Crippen molar-refractivity contribution in [3.63, 3.8) is 0 Å². The molecule has 1 aromatic heterocycles. The molecule has 3 aromatic rings. The highest BCUT2D eigenvalue weighted by molar-refractivity contribution is 5.88. The van der Waals surface area contributed by atoms with Gasteiger partial charge in [0, 0.05) is 6.54 Å². The van der Waals surface area contributed by atoms with E-state index in [0.717, 1.165) is 22.5 Å². The number of benzene rings is 2. The first-order valence-electron chi connectivity index (χ1n) is 9.62. The number of hydrogen-bond donors (Lipinski definition) is 1. The third-order valence-corrected chi connectivity index (χ3v) is 4.10. The van der Waals surface area contributed by atoms with Gasteiger partial charge in [-0.25, -0.2) is 9.48 Å². The maximum absolute atomic E-state index is 12.1. The Morgan fingerprint density at radius 2 is 1.66 bits per heavy atom. The minimum atomic E-state index is -0.437. The first-order chi connectivity index (χ1) is 14.1. The van der Waals surface area contributed by atoms with Crippen LogP contribution >= 0.6 is 0 Å². The number of ether oxygens (including phenoxy) is 1. The zero-order valence-electron chi connectivity index (χ0n) is 17.3. The SMILES string of the molecule is CC.COC(=O)c1cc(C)nn1-c1ccc(CNC(=O)Cc2ccccc2)cc1. The largest absolute Gasteiger partial charge is 0.464 e. The van der Waals surface area contributed by atoms with Gasteiger partial charge in [0.25, 0.3) is 0 Å². The Morgan fingerprint density at radius 3 is 2.28 bits per heavy atom. The van der Waals surface area contributed by atoms with Crippen LogP contribution in [0.25, 0.3) is 5.69 Å². The van der Waals surface area contributed by atoms with Crippen molar-refractivity contribution in [3.8, 4) is 5.69 Å². The van der Waals surface area contributed by atoms with Crippen molar-refractivity contribution in [1.82, 2.24) is 15.1 Å². The minimum Gasteiger partial charge on any atom is -0.464 e. The zero-order valence-corrected chi connectivity index (χ0v) is 17.3. The summed E-state index contributed by atoms with van der Waals surface area (Å²) >= 11 is 0. The Kier molecular flexibility index (Phi) is 8.15. The summed E-state index contributed by atoms with van der Waals surface area (Å²) in [7, 11) is 1.34. The topological polar surface area (TPSA) is 73.2 Å². The summed E-state index contributed by atoms with van der Waals surface area (Å²) in [5.41, 5.74) is 3.80. The Morgan fingerprint density at radius 1 is 1.00 bits per heavy atom. The van der Waals surface area contributed by atoms with Gasteiger partial charge in [0.15, 0.2) is 5.69 Å². The van der Waals surface area contributed by atoms with Crippen molar-refractivity contribution >= 4 is 11.9 Å². The summed E-state index contributed by atoms with van der Waals surface area (Å²) < 4.78 is 6.36. The molecular weight excluding hydrogens is 366 g/mol. The summed E-state index contributed by atoms with van der Waals surface area (Å²) in [4.78, 5) is 23.9. The molecule has 0 saturated heterocycles. The van der Waals surface area contributed by atoms with Gasteiger partial charge in [-0.05, 0) is 36.2 Å². The van der Waals surface area contributed by atoms with Crippen LogP contribution in [0.1, 0.15) is 41.2 Å². The van der Waals surface area contributed by atoms with Crippen LogP contribution in [0, 0.1) is 6.92 Å². The molecule has 0 saturated carbocycles. The highest BCUT2D eigenvalue weighted by Crippen LogP contribution is 2.15. The first kappa shape index (κ1) is 21.9. The molecular formula is C23H27N3O3. The average Bonchev–Trinajstić information content (AvgIpc) is 3.16. The molecule has 1 amide bonds. The van der Waals surface area contributed by atoms with Crippen LogP contribution in [-0.2, 0) is 22.5 Å². The van der Waals surface area contributed by atoms with Crippen LogP contribution in [-0.4, -0.2) is 28.8 Å². The van der Waals surface area contributed by atoms with Gasteiger partial charge < -0.3 is 10.1 Å². The van der Waals surface area contributed by atoms with Gasteiger partial charge in [-0.1, -0.05) is 56.3 Å². The van der Waals surface area contributed by atoms with Gasteiger partial charge >= 0.3 is 5.97 Å². The summed E-state index contributed by atoms with van der Waals surface area (Å²) in [6.45, 7) is 6.26. The summed E-state index contributed by atoms with van der Waals surface area (Å²) in [6, 6.07) is 18.8. The predicted octanol–water partition coefficient (Wildman–Crippen LogP) is 3.85. The molecule has 0 atom stereocenters. The normalized spacial score (nSPS) is 9.93. The third kappa shape index (κ3) is 6.04. The van der Waals surface area contributed by atoms with Gasteiger partial charge in [-0.15, -0.1) is 0 Å². The molecule has 0 aliphatic heterocycles. The number of esters is 1. The molecule has 29 heavy (non-hydrogen) atoms. The Bertz CT molecular complexity index is 932. The van der Waals surface area contributed by atoms with Crippen LogP contribution in [0.4, 0.5) is 0 Å². The smallest absolute Gasteiger partial charge is 0.356 e. The molecule has 0 aliphatic rings. The Hall–Kier alpha value is -3.41. The summed E-state index contributed by atoms with van der Waals surface area (Å²) in [5.74, 6) is -0.464. The van der Waals surface area contributed by atoms with Gasteiger partial charge in [-0.2, -0.15) is 5.10 Å². The Labute approximate surface area is 171 Å². The van der Waals surface area contributed by atoms with E-state index in [-0.39, 0.29) is 5.91 Å². The van der Waals surface area contributed by atoms with Crippen LogP contribution < -0.4 is 5.32 Å². The van der Waals surface area contributed by atoms with Crippen LogP contribution in [0.2, 0.25) is 0 Å². The van der Waals surface area contributed by atoms with Gasteiger partial charge in [-0.3, -0.25) is 4.79 Å². The molecule has 3 rings (SSSR count). The molecule has 2 aromatic carbocycles. The fraction of sp³-hybridized carbons (Fsp3) is 0.261. The number of aromatic nitrogens is 2. The second-order valence-corrected chi connectivity index (χ2v) is 6.18. The lowest BCUT2D eigenvalue weighted by molar-refractivity contribution is -0.120. The van der Waals surface area contributed by atoms with Crippen LogP contribution in [0.3, 0.4) is 0 Å². The van der Waals surface area contributed by atoms with E-state index in [9.17, 15) is 9.59 Å². The number of amides is 1. The van der Waals surface area contributed by atoms with Crippen molar-refractivity contribution < 1.29 is 14.3 Å². The predicted molar refractivity (Wildman–Crippen MR) is 113 cm³/mol. The second-order valence-electron chi connectivity index (χ2n) is 6.18. The zero-order chi connectivity index (χ0) is 21.2. The van der Waals surface area contributed by atoms with Crippen molar-refractivity contribution in [2.24, 2.45) is 0 Å². The van der Waals surface area contributed by atoms with Crippen molar-refractivity contribution in [2.75, 3.05) is 7.11 Å². The van der Waals surface area contributed by atoms with Gasteiger partial charge in [0.1, 0.15) is 0 Å². The van der Waals surface area contributed by atoms with E-state index in [2.05, 4.69) is 10.4 Å². The molecule has 0 aliphatic carbocycles. The lowest BCUT2D eigenvalue weighted by Crippen LogP contribution is -2.24. The van der Waals surface area contributed by atoms with E-state index in [1.165, 1.54) is 7.11 Å². The first-order valence-corrected chi connectivity index (χ1v) is 9.62. The van der Waals surface area contributed by atoms with E-state index in [1.54, 1.807) is 10.7 Å². The number of nitrogens with zero attached hydrogens (tertiary/aromatic N) is 2. The molecule has 152 valence electrons. The lowest BCUT2D eigenvalue weighted by atomic mass is 10.1.